The minimum atomic E-state index is -5.29. The monoisotopic (exact) mass is 478 g/mol. The number of carbonyl (C=O) groups is 1. The van der Waals surface area contributed by atoms with E-state index in [0.717, 1.165) is 17.1 Å². The lowest BCUT2D eigenvalue weighted by molar-refractivity contribution is -0.143. The van der Waals surface area contributed by atoms with Crippen LogP contribution >= 0.6 is 0 Å². The molecule has 172 valence electrons. The number of halogens is 6. The average molecular weight is 478 g/mol. The molecule has 0 unspecified atom stereocenters. The van der Waals surface area contributed by atoms with Crippen molar-refractivity contribution >= 4 is 11.6 Å². The Bertz CT molecular complexity index is 1420. The van der Waals surface area contributed by atoms with Crippen LogP contribution in [0, 0.1) is 28.8 Å². The molecule has 3 aromatic heterocycles. The van der Waals surface area contributed by atoms with Crippen LogP contribution in [0.1, 0.15) is 21.6 Å². The van der Waals surface area contributed by atoms with E-state index in [9.17, 15) is 36.4 Å². The van der Waals surface area contributed by atoms with Gasteiger partial charge in [-0.1, -0.05) is 0 Å². The van der Waals surface area contributed by atoms with Crippen LogP contribution in [-0.4, -0.2) is 35.7 Å². The van der Waals surface area contributed by atoms with E-state index in [4.69, 9.17) is 0 Å². The lowest BCUT2D eigenvalue weighted by Gasteiger charge is -2.14. The fourth-order valence-corrected chi connectivity index (χ4v) is 2.98. The number of nitrogens with one attached hydrogen (secondary N) is 1. The van der Waals surface area contributed by atoms with Gasteiger partial charge in [0.1, 0.15) is 23.1 Å². The summed E-state index contributed by atoms with van der Waals surface area (Å²) >= 11 is 0. The van der Waals surface area contributed by atoms with Crippen LogP contribution in [0.4, 0.5) is 32.0 Å². The zero-order valence-corrected chi connectivity index (χ0v) is 16.3. The Kier molecular flexibility index (Phi) is 5.49. The highest BCUT2D eigenvalue weighted by Crippen LogP contribution is 2.35. The zero-order chi connectivity index (χ0) is 24.6. The van der Waals surface area contributed by atoms with Gasteiger partial charge in [0.15, 0.2) is 23.1 Å². The van der Waals surface area contributed by atoms with Gasteiger partial charge in [-0.25, -0.2) is 22.8 Å². The van der Waals surface area contributed by atoms with E-state index in [1.807, 2.05) is 0 Å². The van der Waals surface area contributed by atoms with Crippen LogP contribution in [0.25, 0.3) is 11.5 Å². The first-order chi connectivity index (χ1) is 16.1. The van der Waals surface area contributed by atoms with Gasteiger partial charge < -0.3 is 5.32 Å². The summed E-state index contributed by atoms with van der Waals surface area (Å²) in [5.74, 6) is -6.05. The van der Waals surface area contributed by atoms with E-state index in [2.05, 4.69) is 25.6 Å². The Hall–Kier alpha value is -4.74. The number of aromatic nitrogens is 6. The molecule has 0 radical (unpaired) electrons. The molecular weight excluding hydrogens is 470 g/mol. The molecule has 4 aromatic rings. The fourth-order valence-electron chi connectivity index (χ4n) is 2.98. The minimum Gasteiger partial charge on any atom is -0.320 e. The minimum absolute atomic E-state index is 0.00319. The van der Waals surface area contributed by atoms with Crippen molar-refractivity contribution < 1.29 is 31.1 Å². The maximum Gasteiger partial charge on any atom is 0.434 e. The molecule has 9 nitrogen and oxygen atoms in total. The van der Waals surface area contributed by atoms with Gasteiger partial charge in [-0.3, -0.25) is 4.79 Å². The molecule has 15 heteroatoms. The van der Waals surface area contributed by atoms with Crippen molar-refractivity contribution in [3.8, 4) is 17.6 Å². The van der Waals surface area contributed by atoms with Crippen molar-refractivity contribution in [1.29, 1.82) is 5.26 Å². The third-order valence-corrected chi connectivity index (χ3v) is 4.33. The molecule has 34 heavy (non-hydrogen) atoms. The molecular formula is C19H8F6N8O. The van der Waals surface area contributed by atoms with Crippen molar-refractivity contribution in [1.82, 2.24) is 29.8 Å². The summed E-state index contributed by atoms with van der Waals surface area (Å²) in [6.07, 6.45) is -1.17. The highest BCUT2D eigenvalue weighted by Gasteiger charge is 2.41. The Morgan fingerprint density at radius 1 is 1.00 bits per heavy atom. The molecule has 1 amide bonds. The lowest BCUT2D eigenvalue weighted by atomic mass is 10.2. The smallest absolute Gasteiger partial charge is 0.320 e. The van der Waals surface area contributed by atoms with Crippen LogP contribution in [0.15, 0.2) is 43.0 Å². The molecule has 3 heterocycles. The highest BCUT2D eigenvalue weighted by molar-refractivity contribution is 6.05. The van der Waals surface area contributed by atoms with Gasteiger partial charge in [0, 0.05) is 12.1 Å². The molecule has 0 fully saturated rings. The predicted octanol–water partition coefficient (Wildman–Crippen LogP) is 3.41. The van der Waals surface area contributed by atoms with E-state index in [-0.39, 0.29) is 33.9 Å². The maximum absolute atomic E-state index is 14.1. The first-order valence-corrected chi connectivity index (χ1v) is 8.98. The fraction of sp³-hybridized carbons (Fsp3) is 0.0526. The van der Waals surface area contributed by atoms with Gasteiger partial charge in [0.2, 0.25) is 0 Å². The zero-order valence-electron chi connectivity index (χ0n) is 16.3. The summed E-state index contributed by atoms with van der Waals surface area (Å²) in [4.78, 5) is 17.5. The molecule has 0 saturated carbocycles. The number of rotatable bonds is 4. The number of anilines is 1. The molecule has 0 aliphatic carbocycles. The van der Waals surface area contributed by atoms with Crippen molar-refractivity contribution in [2.75, 3.05) is 5.32 Å². The third kappa shape index (κ3) is 4.03. The molecule has 0 saturated heterocycles. The summed E-state index contributed by atoms with van der Waals surface area (Å²) in [6, 6.07) is 3.25. The molecule has 0 bridgehead atoms. The van der Waals surface area contributed by atoms with E-state index >= 15 is 0 Å². The Morgan fingerprint density at radius 2 is 1.65 bits per heavy atom. The Labute approximate surface area is 184 Å². The number of pyridine rings is 1. The van der Waals surface area contributed by atoms with Gasteiger partial charge in [-0.2, -0.15) is 33.7 Å². The largest absolute Gasteiger partial charge is 0.434 e. The van der Waals surface area contributed by atoms with Gasteiger partial charge in [-0.05, 0) is 6.07 Å². The number of nitrogens with zero attached hydrogens (tertiary/aromatic N) is 7. The predicted molar refractivity (Wildman–Crippen MR) is 100 cm³/mol. The van der Waals surface area contributed by atoms with Crippen LogP contribution in [0.3, 0.4) is 0 Å². The molecule has 4 rings (SSSR count). The lowest BCUT2D eigenvalue weighted by Crippen LogP contribution is -2.22. The van der Waals surface area contributed by atoms with Crippen LogP contribution in [0.2, 0.25) is 0 Å². The first kappa shape index (κ1) is 22.5. The normalized spacial score (nSPS) is 11.3. The van der Waals surface area contributed by atoms with Gasteiger partial charge in [0.25, 0.3) is 5.91 Å². The Morgan fingerprint density at radius 3 is 2.24 bits per heavy atom. The van der Waals surface area contributed by atoms with E-state index in [1.165, 1.54) is 12.4 Å². The topological polar surface area (TPSA) is 114 Å². The number of alkyl halides is 3. The van der Waals surface area contributed by atoms with Crippen LogP contribution < -0.4 is 5.32 Å². The summed E-state index contributed by atoms with van der Waals surface area (Å²) in [6.45, 7) is 0. The van der Waals surface area contributed by atoms with Crippen LogP contribution in [0.5, 0.6) is 0 Å². The van der Waals surface area contributed by atoms with Gasteiger partial charge >= 0.3 is 6.18 Å². The number of amides is 1. The van der Waals surface area contributed by atoms with Crippen molar-refractivity contribution in [2.45, 2.75) is 6.18 Å². The van der Waals surface area contributed by atoms with E-state index < -0.39 is 46.5 Å². The van der Waals surface area contributed by atoms with Gasteiger partial charge in [-0.15, -0.1) is 4.80 Å². The summed E-state index contributed by atoms with van der Waals surface area (Å²) in [7, 11) is 0. The number of nitriles is 1. The van der Waals surface area contributed by atoms with Crippen molar-refractivity contribution in [3.05, 3.63) is 77.3 Å². The first-order valence-electron chi connectivity index (χ1n) is 8.98. The van der Waals surface area contributed by atoms with Crippen LogP contribution in [-0.2, 0) is 6.18 Å². The molecule has 0 atom stereocenters. The van der Waals surface area contributed by atoms with Crippen molar-refractivity contribution in [2.24, 2.45) is 0 Å². The van der Waals surface area contributed by atoms with Gasteiger partial charge in [0.05, 0.1) is 36.0 Å². The third-order valence-electron chi connectivity index (χ3n) is 4.33. The number of hydrogen-bond donors (Lipinski definition) is 1. The summed E-state index contributed by atoms with van der Waals surface area (Å²) in [5.41, 5.74) is -4.50. The highest BCUT2D eigenvalue weighted by atomic mass is 19.4. The van der Waals surface area contributed by atoms with Crippen molar-refractivity contribution in [3.63, 3.8) is 0 Å². The second-order valence-electron chi connectivity index (χ2n) is 6.51. The average Bonchev–Trinajstić information content (AvgIpc) is 3.43. The second-order valence-corrected chi connectivity index (χ2v) is 6.51. The molecule has 0 aliphatic heterocycles. The molecule has 1 N–H and O–H groups in total. The summed E-state index contributed by atoms with van der Waals surface area (Å²) in [5, 5.41) is 22.3. The molecule has 0 aliphatic rings. The molecule has 0 spiro atoms. The van der Waals surface area contributed by atoms with E-state index in [0.29, 0.717) is 6.20 Å². The van der Waals surface area contributed by atoms with E-state index in [1.54, 1.807) is 6.07 Å². The second kappa shape index (κ2) is 8.31. The molecule has 1 aromatic carbocycles. The SMILES string of the molecule is N#Cc1cc(NC(=O)c2cnn(-c3c(F)cc(F)cc3F)c2C(F)(F)F)cnc1-n1nccn1. The number of carbonyl (C=O) groups excluding carboxylic acids is 1. The number of benzene rings is 1. The number of hydrogen-bond acceptors (Lipinski definition) is 6. The standard InChI is InChI=1S/C19H8F6N8O/c20-10-4-13(21)15(14(22)5-10)32-16(19(23,24)25)12(8-30-32)18(34)31-11-3-9(6-26)17(27-7-11)33-28-1-2-29-33/h1-5,7-8H,(H,31,34). The Balaban J connectivity index is 1.74. The quantitative estimate of drug-likeness (QED) is 0.450. The maximum atomic E-state index is 14.1. The summed E-state index contributed by atoms with van der Waals surface area (Å²) < 4.78 is 82.5.